The van der Waals surface area contributed by atoms with E-state index in [0.29, 0.717) is 31.6 Å². The smallest absolute Gasteiger partial charge is 0.462 e. The summed E-state index contributed by atoms with van der Waals surface area (Å²) in [4.78, 5) is 42.4. The lowest BCUT2D eigenvalue weighted by atomic mass is 10.0. The lowest BCUT2D eigenvalue weighted by molar-refractivity contribution is -0.161. The minimum Gasteiger partial charge on any atom is -0.462 e. The third kappa shape index (κ3) is 33.2. The molecule has 0 fully saturated rings. The summed E-state index contributed by atoms with van der Waals surface area (Å²) in [6, 6.07) is 0. The fourth-order valence-corrected chi connectivity index (χ4v) is 4.64. The highest BCUT2D eigenvalue weighted by molar-refractivity contribution is 7.46. The van der Waals surface area contributed by atoms with E-state index in [1.807, 2.05) is 18.2 Å². The van der Waals surface area contributed by atoms with Crippen LogP contribution in [0, 0.1) is 5.92 Å². The van der Waals surface area contributed by atoms with Crippen LogP contribution in [0.25, 0.3) is 0 Å². The Morgan fingerprint density at radius 3 is 2.13 bits per heavy atom. The van der Waals surface area contributed by atoms with Gasteiger partial charge in [-0.2, -0.15) is 0 Å². The van der Waals surface area contributed by atoms with Gasteiger partial charge in [-0.05, 0) is 50.9 Å². The van der Waals surface area contributed by atoms with Gasteiger partial charge in [-0.1, -0.05) is 121 Å². The van der Waals surface area contributed by atoms with Crippen molar-refractivity contribution in [3.63, 3.8) is 0 Å². The Bertz CT molecular complexity index is 905. The Balaban J connectivity index is 4.23. The van der Waals surface area contributed by atoms with Crippen LogP contribution in [0.2, 0.25) is 0 Å². The normalized spacial score (nSPS) is 13.9. The number of hydrogen-bond acceptors (Lipinski definition) is 7. The van der Waals surface area contributed by atoms with Crippen LogP contribution in [-0.2, 0) is 28.2 Å². The molecule has 1 unspecified atom stereocenters. The van der Waals surface area contributed by atoms with E-state index in [-0.39, 0.29) is 19.4 Å². The van der Waals surface area contributed by atoms with Crippen molar-refractivity contribution < 1.29 is 43.0 Å². The minimum absolute atomic E-state index is 0.131. The van der Waals surface area contributed by atoms with E-state index in [9.17, 15) is 19.3 Å². The van der Waals surface area contributed by atoms with E-state index in [2.05, 4.69) is 43.5 Å². The second-order valence-corrected chi connectivity index (χ2v) is 13.1. The van der Waals surface area contributed by atoms with Crippen LogP contribution in [0.3, 0.4) is 0 Å². The fraction of sp³-hybridized carbons (Fsp3) is 0.714. The van der Waals surface area contributed by atoms with Gasteiger partial charge in [-0.3, -0.25) is 14.1 Å². The molecule has 260 valence electrons. The van der Waals surface area contributed by atoms with Crippen molar-refractivity contribution in [3.8, 4) is 0 Å². The van der Waals surface area contributed by atoms with Crippen molar-refractivity contribution in [1.29, 1.82) is 0 Å². The van der Waals surface area contributed by atoms with Gasteiger partial charge in [0.05, 0.1) is 12.7 Å². The number of phosphoric acid groups is 1. The summed E-state index contributed by atoms with van der Waals surface area (Å²) in [5, 5.41) is 10.0. The van der Waals surface area contributed by atoms with Gasteiger partial charge in [0.2, 0.25) is 0 Å². The number of allylic oxidation sites excluding steroid dienone is 6. The lowest BCUT2D eigenvalue weighted by Crippen LogP contribution is -2.29. The molecular weight excluding hydrogens is 595 g/mol. The monoisotopic (exact) mass is 656 g/mol. The SMILES string of the molecule is CCCCC/C=C\C/C=C\CC(O)/C=C\C=C\CCCC(=O)OC[C@H](COP(=O)(O)O)OC(=O)CCCCCCCCC(C)C. The molecule has 0 amide bonds. The van der Waals surface area contributed by atoms with Gasteiger partial charge in [-0.25, -0.2) is 4.57 Å². The molecule has 0 saturated carbocycles. The molecule has 3 N–H and O–H groups in total. The second kappa shape index (κ2) is 29.4. The van der Waals surface area contributed by atoms with Crippen LogP contribution in [0.1, 0.15) is 130 Å². The van der Waals surface area contributed by atoms with Crippen molar-refractivity contribution in [1.82, 2.24) is 0 Å². The molecule has 45 heavy (non-hydrogen) atoms. The molecule has 0 aromatic heterocycles. The van der Waals surface area contributed by atoms with Gasteiger partial charge in [0, 0.05) is 12.8 Å². The molecule has 0 aromatic carbocycles. The summed E-state index contributed by atoms with van der Waals surface area (Å²) in [5.41, 5.74) is 0. The molecule has 0 spiro atoms. The summed E-state index contributed by atoms with van der Waals surface area (Å²) < 4.78 is 26.1. The number of aliphatic hydroxyl groups is 1. The maximum atomic E-state index is 12.3. The Morgan fingerprint density at radius 1 is 0.756 bits per heavy atom. The van der Waals surface area contributed by atoms with E-state index < -0.39 is 38.6 Å². The number of carbonyl (C=O) groups is 2. The number of aliphatic hydroxyl groups excluding tert-OH is 1. The molecule has 0 rings (SSSR count). The van der Waals surface area contributed by atoms with Crippen molar-refractivity contribution in [3.05, 3.63) is 48.6 Å². The highest BCUT2D eigenvalue weighted by atomic mass is 31.2. The third-order valence-corrected chi connectivity index (χ3v) is 7.34. The van der Waals surface area contributed by atoms with E-state index >= 15 is 0 Å². The summed E-state index contributed by atoms with van der Waals surface area (Å²) in [6.07, 6.45) is 29.0. The molecule has 0 heterocycles. The van der Waals surface area contributed by atoms with Crippen LogP contribution in [-0.4, -0.2) is 52.3 Å². The average molecular weight is 657 g/mol. The average Bonchev–Trinajstić information content (AvgIpc) is 2.97. The number of hydrogen-bond donors (Lipinski definition) is 3. The third-order valence-electron chi connectivity index (χ3n) is 6.86. The Morgan fingerprint density at radius 2 is 1.42 bits per heavy atom. The van der Waals surface area contributed by atoms with Crippen LogP contribution >= 0.6 is 7.82 Å². The standard InChI is InChI=1S/C35H61O9P/c1-4-5-6-7-8-9-10-15-20-25-32(36)26-21-16-13-18-22-27-34(37)42-29-33(30-43-45(39,40)41)44-35(38)28-23-17-12-11-14-19-24-31(2)3/h8-9,13,15-16,20-21,26,31-33,36H,4-7,10-12,14,17-19,22-25,27-30H2,1-3H3,(H2,39,40,41)/b9-8-,16-13+,20-15-,26-21-/t32?,33-/m1/s1. The molecule has 9 nitrogen and oxygen atoms in total. The number of phosphoric ester groups is 1. The van der Waals surface area contributed by atoms with Gasteiger partial charge in [0.1, 0.15) is 6.61 Å². The second-order valence-electron chi connectivity index (χ2n) is 11.8. The van der Waals surface area contributed by atoms with Crippen LogP contribution in [0.15, 0.2) is 48.6 Å². The molecule has 2 atom stereocenters. The van der Waals surface area contributed by atoms with E-state index in [4.69, 9.17) is 19.3 Å². The summed E-state index contributed by atoms with van der Waals surface area (Å²) in [6.45, 7) is 5.70. The van der Waals surface area contributed by atoms with Gasteiger partial charge in [0.25, 0.3) is 0 Å². The van der Waals surface area contributed by atoms with Crippen LogP contribution in [0.4, 0.5) is 0 Å². The Kier molecular flexibility index (Phi) is 28.1. The molecule has 10 heteroatoms. The van der Waals surface area contributed by atoms with E-state index in [1.165, 1.54) is 38.5 Å². The molecule has 0 radical (unpaired) electrons. The van der Waals surface area contributed by atoms with E-state index in [1.54, 1.807) is 12.2 Å². The number of rotatable bonds is 29. The fourth-order valence-electron chi connectivity index (χ4n) is 4.28. The first-order valence-electron chi connectivity index (χ1n) is 16.9. The molecular formula is C35H61O9P. The molecule has 0 aliphatic carbocycles. The van der Waals surface area contributed by atoms with Crippen molar-refractivity contribution in [2.75, 3.05) is 13.2 Å². The zero-order chi connectivity index (χ0) is 33.6. The molecule has 0 aliphatic heterocycles. The van der Waals surface area contributed by atoms with Gasteiger partial charge >= 0.3 is 19.8 Å². The Hall–Kier alpha value is -2.03. The number of unbranched alkanes of at least 4 members (excludes halogenated alkanes) is 9. The summed E-state index contributed by atoms with van der Waals surface area (Å²) in [7, 11) is -4.77. The maximum Gasteiger partial charge on any atom is 0.469 e. The molecule has 0 aromatic rings. The van der Waals surface area contributed by atoms with Gasteiger partial charge in [0.15, 0.2) is 6.10 Å². The first kappa shape index (κ1) is 43.0. The summed E-state index contributed by atoms with van der Waals surface area (Å²) >= 11 is 0. The van der Waals surface area contributed by atoms with Gasteiger partial charge in [-0.15, -0.1) is 0 Å². The van der Waals surface area contributed by atoms with Crippen molar-refractivity contribution in [2.24, 2.45) is 5.92 Å². The summed E-state index contributed by atoms with van der Waals surface area (Å²) in [5.74, 6) is -0.310. The molecule has 0 saturated heterocycles. The zero-order valence-electron chi connectivity index (χ0n) is 28.0. The highest BCUT2D eigenvalue weighted by Crippen LogP contribution is 2.35. The minimum atomic E-state index is -4.77. The number of ether oxygens (including phenoxy) is 2. The van der Waals surface area contributed by atoms with Crippen LogP contribution < -0.4 is 0 Å². The predicted molar refractivity (Wildman–Crippen MR) is 180 cm³/mol. The molecule has 0 aliphatic rings. The number of esters is 2. The first-order valence-corrected chi connectivity index (χ1v) is 18.4. The van der Waals surface area contributed by atoms with Crippen molar-refractivity contribution >= 4 is 19.8 Å². The lowest BCUT2D eigenvalue weighted by Gasteiger charge is -2.18. The quantitative estimate of drug-likeness (QED) is 0.0238. The predicted octanol–water partition coefficient (Wildman–Crippen LogP) is 8.44. The Labute approximate surface area is 272 Å². The van der Waals surface area contributed by atoms with Crippen molar-refractivity contribution in [2.45, 2.75) is 142 Å². The highest BCUT2D eigenvalue weighted by Gasteiger charge is 2.22. The molecule has 0 bridgehead atoms. The largest absolute Gasteiger partial charge is 0.469 e. The first-order chi connectivity index (χ1) is 21.5. The van der Waals surface area contributed by atoms with E-state index in [0.717, 1.165) is 32.1 Å². The van der Waals surface area contributed by atoms with Crippen LogP contribution in [0.5, 0.6) is 0 Å². The van der Waals surface area contributed by atoms with Gasteiger partial charge < -0.3 is 24.4 Å². The topological polar surface area (TPSA) is 140 Å². The number of carbonyl (C=O) groups excluding carboxylic acids is 2. The zero-order valence-corrected chi connectivity index (χ0v) is 28.9. The maximum absolute atomic E-state index is 12.3.